The molecule has 1 aromatic heterocycles. The predicted molar refractivity (Wildman–Crippen MR) is 73.6 cm³/mol. The van der Waals surface area contributed by atoms with Gasteiger partial charge in [-0.2, -0.15) is 0 Å². The first-order valence-electron chi connectivity index (χ1n) is 6.29. The van der Waals surface area contributed by atoms with E-state index < -0.39 is 0 Å². The Morgan fingerprint density at radius 2 is 2.00 bits per heavy atom. The molecule has 0 saturated carbocycles. The molecule has 1 aliphatic heterocycles. The molecule has 0 atom stereocenters. The average molecular weight is 256 g/mol. The molecule has 0 aliphatic carbocycles. The van der Waals surface area contributed by atoms with E-state index in [0.29, 0.717) is 13.1 Å². The minimum Gasteiger partial charge on any atom is -0.351 e. The second kappa shape index (κ2) is 4.68. The normalized spacial score (nSPS) is 14.0. The fraction of sp³-hybridized carbons (Fsp3) is 0.214. The number of hydrogen-bond acceptors (Lipinski definition) is 2. The van der Waals surface area contributed by atoms with Crippen LogP contribution < -0.4 is 11.2 Å². The number of nitrogens with one attached hydrogen (secondary N) is 1. The number of para-hydroxylation sites is 1. The van der Waals surface area contributed by atoms with Crippen LogP contribution >= 0.6 is 0 Å². The van der Waals surface area contributed by atoms with Crippen LogP contribution in [0.2, 0.25) is 0 Å². The lowest BCUT2D eigenvalue weighted by Crippen LogP contribution is -2.40. The molecule has 3 rings (SSSR count). The summed E-state index contributed by atoms with van der Waals surface area (Å²) in [4.78, 5) is 12.9. The largest absolute Gasteiger partial charge is 0.351 e. The first-order chi connectivity index (χ1) is 9.24. The zero-order valence-electron chi connectivity index (χ0n) is 10.5. The van der Waals surface area contributed by atoms with Gasteiger partial charge in [-0.3, -0.25) is 10.1 Å². The summed E-state index contributed by atoms with van der Waals surface area (Å²) < 4.78 is 1.96. The Hall–Kier alpha value is -2.43. The Kier molecular flexibility index (Phi) is 2.87. The molecule has 1 aromatic carbocycles. The van der Waals surface area contributed by atoms with Crippen molar-refractivity contribution in [3.8, 4) is 0 Å². The molecule has 2 amide bonds. The van der Waals surface area contributed by atoms with Crippen LogP contribution in [0.5, 0.6) is 0 Å². The second-order valence-corrected chi connectivity index (χ2v) is 4.65. The van der Waals surface area contributed by atoms with Crippen LogP contribution in [-0.2, 0) is 13.0 Å². The molecule has 3 N–H and O–H groups in total. The Morgan fingerprint density at radius 3 is 2.74 bits per heavy atom. The van der Waals surface area contributed by atoms with E-state index in [4.69, 9.17) is 5.73 Å². The van der Waals surface area contributed by atoms with Crippen LogP contribution in [0.4, 0.5) is 10.5 Å². The van der Waals surface area contributed by atoms with Crippen molar-refractivity contribution >= 4 is 11.7 Å². The number of fused-ring (bicyclic) bond motifs is 1. The summed E-state index contributed by atoms with van der Waals surface area (Å²) in [6, 6.07) is 11.7. The summed E-state index contributed by atoms with van der Waals surface area (Å²) >= 11 is 0. The Morgan fingerprint density at radius 1 is 1.21 bits per heavy atom. The highest BCUT2D eigenvalue weighted by Crippen LogP contribution is 2.20. The van der Waals surface area contributed by atoms with Crippen LogP contribution in [0.3, 0.4) is 0 Å². The van der Waals surface area contributed by atoms with Crippen LogP contribution in [0, 0.1) is 0 Å². The highest BCUT2D eigenvalue weighted by Gasteiger charge is 2.21. The lowest BCUT2D eigenvalue weighted by molar-refractivity contribution is 0.201. The SMILES string of the molecule is NC(=O)N1CCc2ccn(Nc3ccccc3)c2C1. The molecule has 5 heteroatoms. The highest BCUT2D eigenvalue weighted by atomic mass is 16.2. The summed E-state index contributed by atoms with van der Waals surface area (Å²) in [6.07, 6.45) is 2.84. The molecule has 5 nitrogen and oxygen atoms in total. The average Bonchev–Trinajstić information content (AvgIpc) is 2.82. The molecular weight excluding hydrogens is 240 g/mol. The third kappa shape index (κ3) is 2.27. The smallest absolute Gasteiger partial charge is 0.315 e. The number of primary amides is 1. The maximum atomic E-state index is 11.3. The number of anilines is 1. The van der Waals surface area contributed by atoms with Gasteiger partial charge in [-0.25, -0.2) is 4.79 Å². The molecule has 0 fully saturated rings. The van der Waals surface area contributed by atoms with Gasteiger partial charge in [-0.1, -0.05) is 18.2 Å². The van der Waals surface area contributed by atoms with Crippen molar-refractivity contribution in [3.63, 3.8) is 0 Å². The molecule has 0 bridgehead atoms. The van der Waals surface area contributed by atoms with Crippen molar-refractivity contribution in [2.24, 2.45) is 5.73 Å². The lowest BCUT2D eigenvalue weighted by atomic mass is 10.1. The number of nitrogens with zero attached hydrogens (tertiary/aromatic N) is 2. The predicted octanol–water partition coefficient (Wildman–Crippen LogP) is 1.80. The minimum atomic E-state index is -0.363. The molecule has 2 heterocycles. The molecule has 0 saturated heterocycles. The summed E-state index contributed by atoms with van der Waals surface area (Å²) in [6.45, 7) is 1.25. The van der Waals surface area contributed by atoms with E-state index in [0.717, 1.165) is 17.8 Å². The topological polar surface area (TPSA) is 63.3 Å². The number of amides is 2. The zero-order chi connectivity index (χ0) is 13.2. The lowest BCUT2D eigenvalue weighted by Gasteiger charge is -2.27. The van der Waals surface area contributed by atoms with Crippen LogP contribution in [-0.4, -0.2) is 22.2 Å². The van der Waals surface area contributed by atoms with Gasteiger partial charge >= 0.3 is 6.03 Å². The molecule has 0 spiro atoms. The van der Waals surface area contributed by atoms with Gasteiger partial charge in [-0.15, -0.1) is 0 Å². The van der Waals surface area contributed by atoms with E-state index in [1.54, 1.807) is 4.90 Å². The van der Waals surface area contributed by atoms with Gasteiger partial charge in [-0.05, 0) is 30.2 Å². The molecule has 19 heavy (non-hydrogen) atoms. The van der Waals surface area contributed by atoms with Crippen molar-refractivity contribution in [1.29, 1.82) is 0 Å². The van der Waals surface area contributed by atoms with Crippen molar-refractivity contribution < 1.29 is 4.79 Å². The number of carbonyl (C=O) groups excluding carboxylic acids is 1. The van der Waals surface area contributed by atoms with Crippen molar-refractivity contribution in [3.05, 3.63) is 53.9 Å². The fourth-order valence-corrected chi connectivity index (χ4v) is 2.37. The van der Waals surface area contributed by atoms with Gasteiger partial charge in [0.2, 0.25) is 0 Å². The molecule has 1 aliphatic rings. The van der Waals surface area contributed by atoms with E-state index in [-0.39, 0.29) is 6.03 Å². The number of carbonyl (C=O) groups is 1. The van der Waals surface area contributed by atoms with Crippen molar-refractivity contribution in [1.82, 2.24) is 9.58 Å². The van der Waals surface area contributed by atoms with E-state index >= 15 is 0 Å². The number of hydrogen-bond donors (Lipinski definition) is 2. The number of aromatic nitrogens is 1. The van der Waals surface area contributed by atoms with Crippen LogP contribution in [0.15, 0.2) is 42.6 Å². The van der Waals surface area contributed by atoms with Crippen molar-refractivity contribution in [2.45, 2.75) is 13.0 Å². The third-order valence-corrected chi connectivity index (χ3v) is 3.41. The fourth-order valence-electron chi connectivity index (χ4n) is 2.37. The van der Waals surface area contributed by atoms with Gasteiger partial charge in [0.1, 0.15) is 0 Å². The van der Waals surface area contributed by atoms with Gasteiger partial charge in [0.25, 0.3) is 0 Å². The molecule has 98 valence electrons. The quantitative estimate of drug-likeness (QED) is 0.860. The first-order valence-corrected chi connectivity index (χ1v) is 6.29. The maximum Gasteiger partial charge on any atom is 0.315 e. The third-order valence-electron chi connectivity index (χ3n) is 3.41. The number of benzene rings is 1. The summed E-state index contributed by atoms with van der Waals surface area (Å²) in [7, 11) is 0. The number of rotatable bonds is 2. The molecule has 2 aromatic rings. The van der Waals surface area contributed by atoms with E-state index in [1.165, 1.54) is 5.56 Å². The summed E-state index contributed by atoms with van der Waals surface area (Å²) in [5.41, 5.74) is 12.0. The van der Waals surface area contributed by atoms with E-state index in [2.05, 4.69) is 11.5 Å². The number of nitrogens with two attached hydrogens (primary N) is 1. The maximum absolute atomic E-state index is 11.3. The molecule has 0 unspecified atom stereocenters. The Balaban J connectivity index is 1.85. The molecular formula is C14H16N4O. The van der Waals surface area contributed by atoms with Gasteiger partial charge in [0.15, 0.2) is 0 Å². The first kappa shape index (κ1) is 11.6. The standard InChI is InChI=1S/C14H16N4O/c15-14(19)17-8-6-11-7-9-18(13(11)10-17)16-12-4-2-1-3-5-12/h1-5,7,9,16H,6,8,10H2,(H2,15,19). The monoisotopic (exact) mass is 256 g/mol. The van der Waals surface area contributed by atoms with Crippen LogP contribution in [0.25, 0.3) is 0 Å². The minimum absolute atomic E-state index is 0.363. The summed E-state index contributed by atoms with van der Waals surface area (Å²) in [5, 5.41) is 0. The van der Waals surface area contributed by atoms with E-state index in [9.17, 15) is 4.79 Å². The van der Waals surface area contributed by atoms with Gasteiger partial charge < -0.3 is 10.6 Å². The summed E-state index contributed by atoms with van der Waals surface area (Å²) in [5.74, 6) is 0. The highest BCUT2D eigenvalue weighted by molar-refractivity contribution is 5.72. The van der Waals surface area contributed by atoms with Gasteiger partial charge in [0, 0.05) is 12.7 Å². The number of urea groups is 1. The van der Waals surface area contributed by atoms with Crippen molar-refractivity contribution in [2.75, 3.05) is 12.0 Å². The Labute approximate surface area is 111 Å². The van der Waals surface area contributed by atoms with Crippen LogP contribution in [0.1, 0.15) is 11.3 Å². The Bertz CT molecular complexity index is 591. The van der Waals surface area contributed by atoms with E-state index in [1.807, 2.05) is 41.2 Å². The zero-order valence-corrected chi connectivity index (χ0v) is 10.5. The second-order valence-electron chi connectivity index (χ2n) is 4.65. The van der Waals surface area contributed by atoms with Gasteiger partial charge in [0.05, 0.1) is 17.9 Å². The molecule has 0 radical (unpaired) electrons.